The predicted octanol–water partition coefficient (Wildman–Crippen LogP) is 3.03. The Hall–Kier alpha value is -1.47. The smallest absolute Gasteiger partial charge is 0.432 e. The van der Waals surface area contributed by atoms with Crippen LogP contribution in [0.1, 0.15) is 33.6 Å². The number of halogens is 3. The van der Waals surface area contributed by atoms with E-state index in [1.807, 2.05) is 0 Å². The van der Waals surface area contributed by atoms with Gasteiger partial charge in [0.1, 0.15) is 5.60 Å². The summed E-state index contributed by atoms with van der Waals surface area (Å²) in [5.41, 5.74) is -1.82. The number of hydrogen-bond acceptors (Lipinski definition) is 4. The molecule has 0 aromatic rings. The second-order valence-electron chi connectivity index (χ2n) is 5.72. The third-order valence-corrected chi connectivity index (χ3v) is 2.93. The number of ether oxygens (including phenoxy) is 1. The molecule has 1 aliphatic heterocycles. The highest BCUT2D eigenvalue weighted by molar-refractivity contribution is 5.91. The lowest BCUT2D eigenvalue weighted by Crippen LogP contribution is -2.44. The molecule has 0 aromatic carbocycles. The Morgan fingerprint density at radius 3 is 2.10 bits per heavy atom. The van der Waals surface area contributed by atoms with Crippen molar-refractivity contribution in [3.05, 3.63) is 0 Å². The van der Waals surface area contributed by atoms with Gasteiger partial charge in [0, 0.05) is 19.0 Å². The van der Waals surface area contributed by atoms with Gasteiger partial charge in [-0.1, -0.05) is 5.16 Å². The van der Waals surface area contributed by atoms with E-state index in [0.29, 0.717) is 0 Å². The lowest BCUT2D eigenvalue weighted by Gasteiger charge is -2.33. The van der Waals surface area contributed by atoms with Crippen LogP contribution in [0, 0.1) is 5.92 Å². The van der Waals surface area contributed by atoms with Crippen molar-refractivity contribution in [1.82, 2.24) is 4.90 Å². The maximum atomic E-state index is 12.6. The van der Waals surface area contributed by atoms with Crippen molar-refractivity contribution >= 4 is 11.8 Å². The third kappa shape index (κ3) is 4.57. The van der Waals surface area contributed by atoms with E-state index >= 15 is 0 Å². The number of likely N-dealkylation sites (tertiary alicyclic amines) is 1. The van der Waals surface area contributed by atoms with Crippen molar-refractivity contribution in [1.29, 1.82) is 0 Å². The summed E-state index contributed by atoms with van der Waals surface area (Å²) in [6.07, 6.45) is -4.99. The molecule has 0 saturated carbocycles. The second-order valence-corrected chi connectivity index (χ2v) is 5.72. The lowest BCUT2D eigenvalue weighted by atomic mass is 9.92. The molecule has 116 valence electrons. The highest BCUT2D eigenvalue weighted by Crippen LogP contribution is 2.29. The van der Waals surface area contributed by atoms with Crippen molar-refractivity contribution in [2.45, 2.75) is 45.4 Å². The largest absolute Gasteiger partial charge is 0.444 e. The number of piperidine rings is 1. The van der Waals surface area contributed by atoms with Gasteiger partial charge in [-0.2, -0.15) is 13.2 Å². The van der Waals surface area contributed by atoms with E-state index in [9.17, 15) is 18.0 Å². The fourth-order valence-electron chi connectivity index (χ4n) is 2.03. The maximum absolute atomic E-state index is 12.6. The van der Waals surface area contributed by atoms with Crippen LogP contribution in [0.5, 0.6) is 0 Å². The molecule has 0 spiro atoms. The molecule has 1 saturated heterocycles. The summed E-state index contributed by atoms with van der Waals surface area (Å²) in [7, 11) is 0. The summed E-state index contributed by atoms with van der Waals surface area (Å²) in [4.78, 5) is 13.1. The molecule has 0 radical (unpaired) electrons. The summed E-state index contributed by atoms with van der Waals surface area (Å²) in [5, 5.41) is 10.9. The molecule has 5 nitrogen and oxygen atoms in total. The van der Waals surface area contributed by atoms with Gasteiger partial charge in [-0.05, 0) is 33.6 Å². The van der Waals surface area contributed by atoms with Gasteiger partial charge in [0.15, 0.2) is 5.71 Å². The molecule has 0 aromatic heterocycles. The molecular weight excluding hydrogens is 277 g/mol. The van der Waals surface area contributed by atoms with Gasteiger partial charge in [-0.25, -0.2) is 4.79 Å². The number of oxime groups is 1. The molecule has 1 N–H and O–H groups in total. The van der Waals surface area contributed by atoms with Crippen molar-refractivity contribution in [2.75, 3.05) is 13.1 Å². The Labute approximate surface area is 115 Å². The number of alkyl halides is 3. The average Bonchev–Trinajstić information content (AvgIpc) is 2.26. The fraction of sp³-hybridized carbons (Fsp3) is 0.833. The first-order valence-corrected chi connectivity index (χ1v) is 6.31. The lowest BCUT2D eigenvalue weighted by molar-refractivity contribution is -0.0665. The van der Waals surface area contributed by atoms with Gasteiger partial charge in [-0.3, -0.25) is 0 Å². The number of rotatable bonds is 1. The predicted molar refractivity (Wildman–Crippen MR) is 65.8 cm³/mol. The van der Waals surface area contributed by atoms with Crippen molar-refractivity contribution in [3.63, 3.8) is 0 Å². The van der Waals surface area contributed by atoms with Crippen LogP contribution < -0.4 is 0 Å². The Morgan fingerprint density at radius 1 is 1.25 bits per heavy atom. The summed E-state index contributed by atoms with van der Waals surface area (Å²) in [5.74, 6) is -0.890. The molecule has 1 aliphatic rings. The van der Waals surface area contributed by atoms with E-state index in [1.165, 1.54) is 4.90 Å². The number of nitrogens with zero attached hydrogens (tertiary/aromatic N) is 2. The van der Waals surface area contributed by atoms with Gasteiger partial charge in [0.05, 0.1) is 0 Å². The van der Waals surface area contributed by atoms with E-state index in [1.54, 1.807) is 20.8 Å². The molecular formula is C12H19F3N2O3. The number of carbonyl (C=O) groups is 1. The molecule has 8 heteroatoms. The number of hydrogen-bond donors (Lipinski definition) is 1. The maximum Gasteiger partial charge on any atom is 0.432 e. The Morgan fingerprint density at radius 2 is 1.75 bits per heavy atom. The second kappa shape index (κ2) is 5.88. The van der Waals surface area contributed by atoms with Crippen LogP contribution in [0.2, 0.25) is 0 Å². The van der Waals surface area contributed by atoms with E-state index in [2.05, 4.69) is 5.16 Å². The molecule has 0 bridgehead atoms. The Bertz CT molecular complexity index is 380. The zero-order chi connectivity index (χ0) is 15.6. The van der Waals surface area contributed by atoms with Gasteiger partial charge in [0.2, 0.25) is 0 Å². The van der Waals surface area contributed by atoms with Crippen LogP contribution in [0.15, 0.2) is 5.16 Å². The molecule has 1 rings (SSSR count). The normalized spacial score (nSPS) is 19.1. The van der Waals surface area contributed by atoms with E-state index < -0.39 is 29.5 Å². The molecule has 0 aliphatic carbocycles. The highest BCUT2D eigenvalue weighted by atomic mass is 19.4. The SMILES string of the molecule is CC(C)(C)OC(=O)N1CCC(C(=NO)C(F)(F)F)CC1. The Kier molecular flexibility index (Phi) is 4.88. The minimum atomic E-state index is -4.65. The molecule has 1 fully saturated rings. The molecule has 0 atom stereocenters. The van der Waals surface area contributed by atoms with E-state index in [0.717, 1.165) is 0 Å². The summed E-state index contributed by atoms with van der Waals surface area (Å²) in [6, 6.07) is 0. The quantitative estimate of drug-likeness (QED) is 0.459. The van der Waals surface area contributed by atoms with Crippen molar-refractivity contribution < 1.29 is 27.9 Å². The zero-order valence-corrected chi connectivity index (χ0v) is 11.7. The first kappa shape index (κ1) is 16.6. The summed E-state index contributed by atoms with van der Waals surface area (Å²) < 4.78 is 42.9. The van der Waals surface area contributed by atoms with Gasteiger partial charge < -0.3 is 14.8 Å². The van der Waals surface area contributed by atoms with Crippen LogP contribution in [0.4, 0.5) is 18.0 Å². The minimum absolute atomic E-state index is 0.0954. The van der Waals surface area contributed by atoms with Crippen LogP contribution in [-0.2, 0) is 4.74 Å². The molecule has 0 unspecified atom stereocenters. The van der Waals surface area contributed by atoms with Gasteiger partial charge in [0.25, 0.3) is 0 Å². The topological polar surface area (TPSA) is 62.1 Å². The third-order valence-electron chi connectivity index (χ3n) is 2.93. The Balaban J connectivity index is 2.58. The van der Waals surface area contributed by atoms with E-state index in [-0.39, 0.29) is 25.9 Å². The van der Waals surface area contributed by atoms with Gasteiger partial charge >= 0.3 is 12.3 Å². The van der Waals surface area contributed by atoms with Crippen LogP contribution in [-0.4, -0.2) is 46.8 Å². The summed E-state index contributed by atoms with van der Waals surface area (Å²) >= 11 is 0. The molecule has 1 heterocycles. The molecule has 1 amide bonds. The fourth-order valence-corrected chi connectivity index (χ4v) is 2.03. The number of carbonyl (C=O) groups excluding carboxylic acids is 1. The van der Waals surface area contributed by atoms with Gasteiger partial charge in [-0.15, -0.1) is 0 Å². The van der Waals surface area contributed by atoms with Crippen molar-refractivity contribution in [3.8, 4) is 0 Å². The average molecular weight is 296 g/mol. The van der Waals surface area contributed by atoms with Crippen LogP contribution in [0.25, 0.3) is 0 Å². The standard InChI is InChI=1S/C12H19F3N2O3/c1-11(2,3)20-10(18)17-6-4-8(5-7-17)9(16-19)12(13,14)15/h8,19H,4-7H2,1-3H3. The highest BCUT2D eigenvalue weighted by Gasteiger charge is 2.43. The first-order chi connectivity index (χ1) is 9.04. The monoisotopic (exact) mass is 296 g/mol. The molecule has 20 heavy (non-hydrogen) atoms. The van der Waals surface area contributed by atoms with E-state index in [4.69, 9.17) is 9.94 Å². The zero-order valence-electron chi connectivity index (χ0n) is 11.7. The van der Waals surface area contributed by atoms with Crippen molar-refractivity contribution in [2.24, 2.45) is 11.1 Å². The minimum Gasteiger partial charge on any atom is -0.444 e. The number of amides is 1. The van der Waals surface area contributed by atoms with Crippen LogP contribution in [0.3, 0.4) is 0 Å². The summed E-state index contributed by atoms with van der Waals surface area (Å²) in [6.45, 7) is 5.46. The van der Waals surface area contributed by atoms with Crippen LogP contribution >= 0.6 is 0 Å². The first-order valence-electron chi connectivity index (χ1n) is 6.31.